The SMILES string of the molecule is CCN(C)c1noc(CC(N)C(C)(C)C)n1. The van der Waals surface area contributed by atoms with Gasteiger partial charge in [-0.3, -0.25) is 0 Å². The number of hydrogen-bond acceptors (Lipinski definition) is 5. The van der Waals surface area contributed by atoms with Crippen LogP contribution in [0, 0.1) is 5.41 Å². The highest BCUT2D eigenvalue weighted by Crippen LogP contribution is 2.20. The Kier molecular flexibility index (Phi) is 3.91. The molecule has 0 bridgehead atoms. The van der Waals surface area contributed by atoms with Gasteiger partial charge in [0.1, 0.15) is 0 Å². The number of nitrogens with two attached hydrogens (primary N) is 1. The summed E-state index contributed by atoms with van der Waals surface area (Å²) >= 11 is 0. The van der Waals surface area contributed by atoms with Crippen LogP contribution < -0.4 is 10.6 Å². The minimum atomic E-state index is 0.0210. The van der Waals surface area contributed by atoms with Gasteiger partial charge in [-0.15, -0.1) is 0 Å². The second-order valence-corrected chi connectivity index (χ2v) is 5.18. The molecule has 0 saturated heterocycles. The van der Waals surface area contributed by atoms with Crippen LogP contribution in [0.1, 0.15) is 33.6 Å². The van der Waals surface area contributed by atoms with Gasteiger partial charge in [0.15, 0.2) is 0 Å². The van der Waals surface area contributed by atoms with E-state index >= 15 is 0 Å². The third-order valence-corrected chi connectivity index (χ3v) is 2.78. The van der Waals surface area contributed by atoms with Crippen LogP contribution in [0.3, 0.4) is 0 Å². The summed E-state index contributed by atoms with van der Waals surface area (Å²) in [6.45, 7) is 9.20. The summed E-state index contributed by atoms with van der Waals surface area (Å²) in [6, 6.07) is 0.0210. The van der Waals surface area contributed by atoms with Crippen molar-refractivity contribution in [1.82, 2.24) is 10.1 Å². The minimum absolute atomic E-state index is 0.0210. The molecule has 0 fully saturated rings. The fourth-order valence-corrected chi connectivity index (χ4v) is 1.12. The third kappa shape index (κ3) is 3.20. The Morgan fingerprint density at radius 1 is 1.44 bits per heavy atom. The highest BCUT2D eigenvalue weighted by molar-refractivity contribution is 5.25. The van der Waals surface area contributed by atoms with Crippen molar-refractivity contribution in [2.45, 2.75) is 40.2 Å². The zero-order chi connectivity index (χ0) is 12.3. The second kappa shape index (κ2) is 4.82. The van der Waals surface area contributed by atoms with Gasteiger partial charge < -0.3 is 15.2 Å². The van der Waals surface area contributed by atoms with E-state index in [4.69, 9.17) is 10.3 Å². The molecular formula is C11H22N4O. The molecule has 0 aliphatic carbocycles. The van der Waals surface area contributed by atoms with Crippen molar-refractivity contribution in [3.8, 4) is 0 Å². The van der Waals surface area contributed by atoms with Gasteiger partial charge in [-0.05, 0) is 17.5 Å². The van der Waals surface area contributed by atoms with Gasteiger partial charge in [-0.2, -0.15) is 4.98 Å². The topological polar surface area (TPSA) is 68.2 Å². The highest BCUT2D eigenvalue weighted by atomic mass is 16.5. The summed E-state index contributed by atoms with van der Waals surface area (Å²) < 4.78 is 5.17. The Labute approximate surface area is 97.0 Å². The molecule has 1 unspecified atom stereocenters. The maximum Gasteiger partial charge on any atom is 0.265 e. The van der Waals surface area contributed by atoms with Crippen LogP contribution in [-0.4, -0.2) is 29.8 Å². The molecule has 0 radical (unpaired) electrons. The second-order valence-electron chi connectivity index (χ2n) is 5.18. The fourth-order valence-electron chi connectivity index (χ4n) is 1.12. The van der Waals surface area contributed by atoms with Crippen LogP contribution in [0.2, 0.25) is 0 Å². The monoisotopic (exact) mass is 226 g/mol. The lowest BCUT2D eigenvalue weighted by atomic mass is 9.85. The predicted molar refractivity (Wildman–Crippen MR) is 64.4 cm³/mol. The van der Waals surface area contributed by atoms with Crippen molar-refractivity contribution in [1.29, 1.82) is 0 Å². The lowest BCUT2D eigenvalue weighted by Gasteiger charge is -2.25. The first-order valence-electron chi connectivity index (χ1n) is 5.64. The van der Waals surface area contributed by atoms with Gasteiger partial charge >= 0.3 is 0 Å². The zero-order valence-corrected chi connectivity index (χ0v) is 10.8. The summed E-state index contributed by atoms with van der Waals surface area (Å²) in [7, 11) is 1.93. The van der Waals surface area contributed by atoms with Crippen LogP contribution in [0.5, 0.6) is 0 Å². The zero-order valence-electron chi connectivity index (χ0n) is 10.8. The molecule has 5 nitrogen and oxygen atoms in total. The Hall–Kier alpha value is -1.10. The Morgan fingerprint density at radius 3 is 2.56 bits per heavy atom. The molecule has 92 valence electrons. The van der Waals surface area contributed by atoms with E-state index in [-0.39, 0.29) is 11.5 Å². The van der Waals surface area contributed by atoms with E-state index in [9.17, 15) is 0 Å². The lowest BCUT2D eigenvalue weighted by Crippen LogP contribution is -2.37. The van der Waals surface area contributed by atoms with Gasteiger partial charge in [0.05, 0.1) is 0 Å². The van der Waals surface area contributed by atoms with Crippen molar-refractivity contribution in [2.24, 2.45) is 11.1 Å². The molecule has 1 rings (SSSR count). The summed E-state index contributed by atoms with van der Waals surface area (Å²) in [4.78, 5) is 6.23. The number of aromatic nitrogens is 2. The van der Waals surface area contributed by atoms with E-state index in [1.165, 1.54) is 0 Å². The standard InChI is InChI=1S/C11H22N4O/c1-6-15(5)10-13-9(16-14-10)7-8(12)11(2,3)4/h8H,6-7,12H2,1-5H3. The first-order chi connectivity index (χ1) is 7.34. The van der Waals surface area contributed by atoms with Crippen LogP contribution >= 0.6 is 0 Å². The molecule has 1 atom stereocenters. The van der Waals surface area contributed by atoms with Crippen molar-refractivity contribution in [3.05, 3.63) is 5.89 Å². The number of rotatable bonds is 4. The Morgan fingerprint density at radius 2 is 2.06 bits per heavy atom. The molecular weight excluding hydrogens is 204 g/mol. The molecule has 0 aromatic carbocycles. The summed E-state index contributed by atoms with van der Waals surface area (Å²) in [5.41, 5.74) is 6.11. The highest BCUT2D eigenvalue weighted by Gasteiger charge is 2.23. The van der Waals surface area contributed by atoms with E-state index in [1.54, 1.807) is 0 Å². The van der Waals surface area contributed by atoms with E-state index in [0.717, 1.165) is 6.54 Å². The molecule has 1 heterocycles. The third-order valence-electron chi connectivity index (χ3n) is 2.78. The molecule has 5 heteroatoms. The van der Waals surface area contributed by atoms with Crippen LogP contribution in [-0.2, 0) is 6.42 Å². The molecule has 16 heavy (non-hydrogen) atoms. The van der Waals surface area contributed by atoms with Crippen molar-refractivity contribution >= 4 is 5.95 Å². The van der Waals surface area contributed by atoms with Crippen molar-refractivity contribution in [3.63, 3.8) is 0 Å². The number of hydrogen-bond donors (Lipinski definition) is 1. The average molecular weight is 226 g/mol. The van der Waals surface area contributed by atoms with Gasteiger partial charge in [0.25, 0.3) is 5.95 Å². The molecule has 2 N–H and O–H groups in total. The Balaban J connectivity index is 2.66. The van der Waals surface area contributed by atoms with E-state index in [2.05, 4.69) is 30.9 Å². The maximum absolute atomic E-state index is 6.06. The molecule has 0 spiro atoms. The van der Waals surface area contributed by atoms with Crippen molar-refractivity contribution < 1.29 is 4.52 Å². The summed E-state index contributed by atoms with van der Waals surface area (Å²) in [5.74, 6) is 1.23. The van der Waals surface area contributed by atoms with Gasteiger partial charge in [0.2, 0.25) is 5.89 Å². The van der Waals surface area contributed by atoms with E-state index in [0.29, 0.717) is 18.3 Å². The molecule has 0 amide bonds. The molecule has 0 aliphatic heterocycles. The maximum atomic E-state index is 6.06. The van der Waals surface area contributed by atoms with Gasteiger partial charge in [0, 0.05) is 26.1 Å². The lowest BCUT2D eigenvalue weighted by molar-refractivity contribution is 0.286. The molecule has 0 aliphatic rings. The van der Waals surface area contributed by atoms with Crippen molar-refractivity contribution in [2.75, 3.05) is 18.5 Å². The van der Waals surface area contributed by atoms with Crippen LogP contribution in [0.15, 0.2) is 4.52 Å². The number of nitrogens with zero attached hydrogens (tertiary/aromatic N) is 3. The normalized spacial score (nSPS) is 13.9. The largest absolute Gasteiger partial charge is 0.342 e. The van der Waals surface area contributed by atoms with Gasteiger partial charge in [-0.25, -0.2) is 0 Å². The Bertz CT molecular complexity index is 329. The molecule has 0 saturated carbocycles. The smallest absolute Gasteiger partial charge is 0.265 e. The van der Waals surface area contributed by atoms with E-state index in [1.807, 2.05) is 18.9 Å². The van der Waals surface area contributed by atoms with Gasteiger partial charge in [-0.1, -0.05) is 20.8 Å². The first-order valence-corrected chi connectivity index (χ1v) is 5.64. The summed E-state index contributed by atoms with van der Waals surface area (Å²) in [6.07, 6.45) is 0.619. The number of anilines is 1. The summed E-state index contributed by atoms with van der Waals surface area (Å²) in [5, 5.41) is 3.91. The average Bonchev–Trinajstić information content (AvgIpc) is 2.63. The molecule has 1 aromatic rings. The van der Waals surface area contributed by atoms with Crippen LogP contribution in [0.25, 0.3) is 0 Å². The minimum Gasteiger partial charge on any atom is -0.342 e. The quantitative estimate of drug-likeness (QED) is 0.841. The van der Waals surface area contributed by atoms with Crippen LogP contribution in [0.4, 0.5) is 5.95 Å². The first kappa shape index (κ1) is 13.0. The van der Waals surface area contributed by atoms with E-state index < -0.39 is 0 Å². The fraction of sp³-hybridized carbons (Fsp3) is 0.818. The molecule has 1 aromatic heterocycles. The predicted octanol–water partition coefficient (Wildman–Crippen LogP) is 1.44.